The van der Waals surface area contributed by atoms with Crippen LogP contribution in [-0.4, -0.2) is 29.1 Å². The summed E-state index contributed by atoms with van der Waals surface area (Å²) in [5, 5.41) is 9.08. The number of aliphatic imine (C=N–C) groups is 1. The van der Waals surface area contributed by atoms with Crippen LogP contribution >= 0.6 is 0 Å². The summed E-state index contributed by atoms with van der Waals surface area (Å²) in [6.07, 6.45) is 0.208. The first kappa shape index (κ1) is 14.3. The van der Waals surface area contributed by atoms with E-state index in [1.54, 1.807) is 0 Å². The molecule has 4 heteroatoms. The normalized spacial score (nSPS) is 20.3. The van der Waals surface area contributed by atoms with Gasteiger partial charge in [0, 0.05) is 5.56 Å². The monoisotopic (exact) mass is 295 g/mol. The molecule has 1 heterocycles. The van der Waals surface area contributed by atoms with Crippen molar-refractivity contribution >= 4 is 11.9 Å². The molecule has 2 atom stereocenters. The van der Waals surface area contributed by atoms with Crippen molar-refractivity contribution in [1.82, 2.24) is 0 Å². The van der Waals surface area contributed by atoms with Gasteiger partial charge in [0.25, 0.3) is 0 Å². The van der Waals surface area contributed by atoms with Crippen LogP contribution in [-0.2, 0) is 16.0 Å². The second kappa shape index (κ2) is 6.43. The van der Waals surface area contributed by atoms with Gasteiger partial charge in [-0.1, -0.05) is 48.5 Å². The molecule has 0 saturated carbocycles. The van der Waals surface area contributed by atoms with E-state index in [1.807, 2.05) is 60.7 Å². The van der Waals surface area contributed by atoms with E-state index in [0.717, 1.165) is 11.1 Å². The van der Waals surface area contributed by atoms with E-state index in [2.05, 4.69) is 4.99 Å². The second-order valence-corrected chi connectivity index (χ2v) is 5.31. The molecule has 0 bridgehead atoms. The zero-order chi connectivity index (χ0) is 15.4. The van der Waals surface area contributed by atoms with E-state index in [0.29, 0.717) is 12.3 Å². The Morgan fingerprint density at radius 1 is 1.05 bits per heavy atom. The fraction of sp³-hybridized carbons (Fsp3) is 0.222. The van der Waals surface area contributed by atoms with Crippen LogP contribution in [0.25, 0.3) is 0 Å². The van der Waals surface area contributed by atoms with Gasteiger partial charge in [-0.2, -0.15) is 0 Å². The van der Waals surface area contributed by atoms with Crippen LogP contribution in [0, 0.1) is 0 Å². The number of ether oxygens (including phenoxy) is 1. The summed E-state index contributed by atoms with van der Waals surface area (Å²) in [5.41, 5.74) is 2.01. The largest absolute Gasteiger partial charge is 0.481 e. The summed E-state index contributed by atoms with van der Waals surface area (Å²) >= 11 is 0. The Labute approximate surface area is 129 Å². The van der Waals surface area contributed by atoms with Crippen molar-refractivity contribution in [2.45, 2.75) is 25.0 Å². The number of hydrogen-bond acceptors (Lipinski definition) is 3. The number of hydrogen-bond donors (Lipinski definition) is 1. The van der Waals surface area contributed by atoms with Crippen LogP contribution in [0.2, 0.25) is 0 Å². The van der Waals surface area contributed by atoms with Gasteiger partial charge in [0.2, 0.25) is 5.90 Å². The second-order valence-electron chi connectivity index (χ2n) is 5.31. The first-order valence-corrected chi connectivity index (χ1v) is 7.28. The minimum Gasteiger partial charge on any atom is -0.481 e. The minimum absolute atomic E-state index is 0.0443. The van der Waals surface area contributed by atoms with Crippen LogP contribution in [0.5, 0.6) is 0 Å². The quantitative estimate of drug-likeness (QED) is 0.922. The Bertz CT molecular complexity index is 667. The third-order valence-corrected chi connectivity index (χ3v) is 3.66. The smallest absolute Gasteiger partial charge is 0.307 e. The highest BCUT2D eigenvalue weighted by Gasteiger charge is 2.33. The summed E-state index contributed by atoms with van der Waals surface area (Å²) < 4.78 is 5.81. The van der Waals surface area contributed by atoms with Gasteiger partial charge < -0.3 is 9.84 Å². The molecule has 0 amide bonds. The SMILES string of the molecule is O=C(O)CC1OC(c2ccccc2)=N[C@H]1Cc1ccccc1. The van der Waals surface area contributed by atoms with Crippen molar-refractivity contribution in [3.05, 3.63) is 71.8 Å². The lowest BCUT2D eigenvalue weighted by molar-refractivity contribution is -0.139. The maximum atomic E-state index is 11.1. The van der Waals surface area contributed by atoms with Gasteiger partial charge in [0.15, 0.2) is 0 Å². The lowest BCUT2D eigenvalue weighted by Gasteiger charge is -2.15. The molecule has 2 aromatic carbocycles. The fourth-order valence-corrected chi connectivity index (χ4v) is 2.59. The van der Waals surface area contributed by atoms with Crippen molar-refractivity contribution in [1.29, 1.82) is 0 Å². The maximum Gasteiger partial charge on any atom is 0.307 e. The van der Waals surface area contributed by atoms with E-state index >= 15 is 0 Å². The molecule has 0 aliphatic carbocycles. The predicted molar refractivity (Wildman–Crippen MR) is 84.0 cm³/mol. The standard InChI is InChI=1S/C18H17NO3/c20-17(21)12-16-15(11-13-7-3-1-4-8-13)19-18(22-16)14-9-5-2-6-10-14/h1-10,15-16H,11-12H2,(H,20,21)/t15-,16?/m0/s1. The molecule has 1 aliphatic heterocycles. The van der Waals surface area contributed by atoms with E-state index in [1.165, 1.54) is 0 Å². The lowest BCUT2D eigenvalue weighted by Crippen LogP contribution is -2.27. The molecule has 0 radical (unpaired) electrons. The van der Waals surface area contributed by atoms with Crippen LogP contribution in [0.15, 0.2) is 65.7 Å². The van der Waals surface area contributed by atoms with Gasteiger partial charge in [-0.05, 0) is 24.1 Å². The molecule has 0 spiro atoms. The van der Waals surface area contributed by atoms with Gasteiger partial charge in [-0.3, -0.25) is 4.79 Å². The summed E-state index contributed by atoms with van der Waals surface area (Å²) in [5.74, 6) is -0.333. The lowest BCUT2D eigenvalue weighted by atomic mass is 10.0. The van der Waals surface area contributed by atoms with Crippen molar-refractivity contribution in [3.8, 4) is 0 Å². The van der Waals surface area contributed by atoms with Gasteiger partial charge in [-0.25, -0.2) is 4.99 Å². The number of carbonyl (C=O) groups is 1. The molecule has 2 aromatic rings. The predicted octanol–water partition coefficient (Wildman–Crippen LogP) is 2.92. The van der Waals surface area contributed by atoms with Crippen molar-refractivity contribution < 1.29 is 14.6 Å². The van der Waals surface area contributed by atoms with E-state index in [9.17, 15) is 4.79 Å². The van der Waals surface area contributed by atoms with E-state index < -0.39 is 12.1 Å². The van der Waals surface area contributed by atoms with Gasteiger partial charge in [0.05, 0.1) is 12.5 Å². The first-order chi connectivity index (χ1) is 10.7. The van der Waals surface area contributed by atoms with Crippen LogP contribution in [0.3, 0.4) is 0 Å². The average molecular weight is 295 g/mol. The van der Waals surface area contributed by atoms with Crippen LogP contribution < -0.4 is 0 Å². The topological polar surface area (TPSA) is 58.9 Å². The maximum absolute atomic E-state index is 11.1. The van der Waals surface area contributed by atoms with Gasteiger partial charge in [-0.15, -0.1) is 0 Å². The Kier molecular flexibility index (Phi) is 4.19. The molecule has 3 rings (SSSR count). The molecule has 0 aromatic heterocycles. The number of benzene rings is 2. The van der Waals surface area contributed by atoms with Crippen molar-refractivity contribution in [2.75, 3.05) is 0 Å². The molecular weight excluding hydrogens is 278 g/mol. The first-order valence-electron chi connectivity index (χ1n) is 7.28. The number of rotatable bonds is 5. The fourth-order valence-electron chi connectivity index (χ4n) is 2.59. The molecule has 1 aliphatic rings. The Hall–Kier alpha value is -2.62. The molecule has 1 unspecified atom stereocenters. The number of nitrogens with zero attached hydrogens (tertiary/aromatic N) is 1. The van der Waals surface area contributed by atoms with Crippen LogP contribution in [0.4, 0.5) is 0 Å². The van der Waals surface area contributed by atoms with E-state index in [4.69, 9.17) is 9.84 Å². The third kappa shape index (κ3) is 3.34. The summed E-state index contributed by atoms with van der Waals surface area (Å²) in [6, 6.07) is 19.4. The molecule has 0 fully saturated rings. The van der Waals surface area contributed by atoms with Gasteiger partial charge >= 0.3 is 5.97 Å². The van der Waals surface area contributed by atoms with Crippen molar-refractivity contribution in [2.24, 2.45) is 4.99 Å². The zero-order valence-corrected chi connectivity index (χ0v) is 12.1. The van der Waals surface area contributed by atoms with E-state index in [-0.39, 0.29) is 12.5 Å². The molecule has 0 saturated heterocycles. The number of carboxylic acid groups (broad SMARTS) is 1. The molecule has 22 heavy (non-hydrogen) atoms. The highest BCUT2D eigenvalue weighted by molar-refractivity contribution is 5.95. The molecule has 112 valence electrons. The zero-order valence-electron chi connectivity index (χ0n) is 12.1. The number of carboxylic acids is 1. The Morgan fingerprint density at radius 3 is 2.32 bits per heavy atom. The minimum atomic E-state index is -0.868. The highest BCUT2D eigenvalue weighted by atomic mass is 16.5. The third-order valence-electron chi connectivity index (χ3n) is 3.66. The Balaban J connectivity index is 1.82. The summed E-state index contributed by atoms with van der Waals surface area (Å²) in [4.78, 5) is 15.7. The van der Waals surface area contributed by atoms with Gasteiger partial charge in [0.1, 0.15) is 6.10 Å². The van der Waals surface area contributed by atoms with Crippen molar-refractivity contribution in [3.63, 3.8) is 0 Å². The average Bonchev–Trinajstić information content (AvgIpc) is 2.91. The van der Waals surface area contributed by atoms with Crippen LogP contribution in [0.1, 0.15) is 17.5 Å². The summed E-state index contributed by atoms with van der Waals surface area (Å²) in [7, 11) is 0. The molecule has 1 N–H and O–H groups in total. The summed E-state index contributed by atoms with van der Waals surface area (Å²) in [6.45, 7) is 0. The number of aliphatic carboxylic acids is 1. The Morgan fingerprint density at radius 2 is 1.68 bits per heavy atom. The highest BCUT2D eigenvalue weighted by Crippen LogP contribution is 2.23. The molecular formula is C18H17NO3. The molecule has 4 nitrogen and oxygen atoms in total.